The molecule has 0 spiro atoms. The number of alkyl halides is 1. The Morgan fingerprint density at radius 2 is 1.82 bits per heavy atom. The van der Waals surface area contributed by atoms with Crippen LogP contribution in [0.3, 0.4) is 0 Å². The number of nitrogens with zero attached hydrogens (tertiary/aromatic N) is 2. The SMILES string of the molecule is COc1cc(/C=C/C(=O)NC2c3ccccc3C[C@@H]2F)ccc1-n1cnc(C)c1.COc1ccc(C)cc1. The maximum absolute atomic E-state index is 14.3. The van der Waals surface area contributed by atoms with Crippen LogP contribution in [0.1, 0.15) is 34.0 Å². The lowest BCUT2D eigenvalue weighted by Crippen LogP contribution is -2.30. The van der Waals surface area contributed by atoms with Crippen LogP contribution in [0.5, 0.6) is 11.5 Å². The van der Waals surface area contributed by atoms with Crippen LogP contribution in [0, 0.1) is 13.8 Å². The van der Waals surface area contributed by atoms with E-state index >= 15 is 0 Å². The number of methoxy groups -OCH3 is 2. The van der Waals surface area contributed by atoms with E-state index in [4.69, 9.17) is 9.47 Å². The van der Waals surface area contributed by atoms with Gasteiger partial charge in [0.15, 0.2) is 0 Å². The molecule has 1 unspecified atom stereocenters. The van der Waals surface area contributed by atoms with Gasteiger partial charge in [-0.25, -0.2) is 9.37 Å². The van der Waals surface area contributed by atoms with Crippen molar-refractivity contribution in [1.29, 1.82) is 0 Å². The van der Waals surface area contributed by atoms with Gasteiger partial charge in [-0.3, -0.25) is 4.79 Å². The summed E-state index contributed by atoms with van der Waals surface area (Å²) in [7, 11) is 3.27. The fourth-order valence-electron chi connectivity index (χ4n) is 4.33. The summed E-state index contributed by atoms with van der Waals surface area (Å²) >= 11 is 0. The third kappa shape index (κ3) is 6.48. The zero-order chi connectivity index (χ0) is 27.1. The van der Waals surface area contributed by atoms with Gasteiger partial charge in [0.05, 0.1) is 38.0 Å². The molecule has 0 bridgehead atoms. The van der Waals surface area contributed by atoms with E-state index < -0.39 is 12.2 Å². The molecule has 1 aromatic heterocycles. The number of aromatic nitrogens is 2. The van der Waals surface area contributed by atoms with Gasteiger partial charge in [0, 0.05) is 18.7 Å². The van der Waals surface area contributed by atoms with Crippen LogP contribution in [0.4, 0.5) is 4.39 Å². The van der Waals surface area contributed by atoms with Crippen molar-refractivity contribution in [3.05, 3.63) is 113 Å². The topological polar surface area (TPSA) is 65.4 Å². The minimum absolute atomic E-state index is 0.331. The Morgan fingerprint density at radius 3 is 2.50 bits per heavy atom. The van der Waals surface area contributed by atoms with Gasteiger partial charge >= 0.3 is 0 Å². The van der Waals surface area contributed by atoms with Gasteiger partial charge < -0.3 is 19.4 Å². The molecule has 0 fully saturated rings. The Balaban J connectivity index is 0.000000317. The quantitative estimate of drug-likeness (QED) is 0.323. The molecule has 1 N–H and O–H groups in total. The number of hydrogen-bond acceptors (Lipinski definition) is 4. The smallest absolute Gasteiger partial charge is 0.244 e. The first-order chi connectivity index (χ1) is 18.4. The Labute approximate surface area is 222 Å². The highest BCUT2D eigenvalue weighted by Gasteiger charge is 2.32. The average molecular weight is 514 g/mol. The standard InChI is InChI=1S/C23H22FN3O2.C8H10O/c1-15-13-27(14-25-15)20-9-7-16(11-21(20)29-2)8-10-22(28)26-23-18-6-4-3-5-17(18)12-19(23)24;1-7-3-5-8(9-2)6-4-7/h3-11,13-14,19,23H,12H2,1-2H3,(H,26,28);3-6H,1-2H3/b10-8+;/t19-,23?;/m0./s1. The van der Waals surface area contributed by atoms with Crippen molar-refractivity contribution >= 4 is 12.0 Å². The number of amides is 1. The van der Waals surface area contributed by atoms with Gasteiger partial charge in [-0.1, -0.05) is 48.0 Å². The molecule has 0 radical (unpaired) electrons. The molecule has 196 valence electrons. The van der Waals surface area contributed by atoms with E-state index in [1.807, 2.05) is 84.4 Å². The van der Waals surface area contributed by atoms with E-state index in [2.05, 4.69) is 17.2 Å². The van der Waals surface area contributed by atoms with Crippen molar-refractivity contribution in [3.63, 3.8) is 0 Å². The van der Waals surface area contributed by atoms with E-state index in [-0.39, 0.29) is 5.91 Å². The predicted molar refractivity (Wildman–Crippen MR) is 148 cm³/mol. The number of imidazole rings is 1. The summed E-state index contributed by atoms with van der Waals surface area (Å²) in [5, 5.41) is 2.78. The molecule has 38 heavy (non-hydrogen) atoms. The van der Waals surface area contributed by atoms with Crippen LogP contribution in [0.25, 0.3) is 11.8 Å². The molecule has 1 aliphatic carbocycles. The maximum Gasteiger partial charge on any atom is 0.244 e. The number of hydrogen-bond donors (Lipinski definition) is 1. The second-order valence-electron chi connectivity index (χ2n) is 9.11. The largest absolute Gasteiger partial charge is 0.497 e. The maximum atomic E-state index is 14.3. The average Bonchev–Trinajstić information content (AvgIpc) is 3.50. The molecule has 4 aromatic rings. The van der Waals surface area contributed by atoms with Gasteiger partial charge in [0.2, 0.25) is 5.91 Å². The van der Waals surface area contributed by atoms with Crippen LogP contribution < -0.4 is 14.8 Å². The Hall–Kier alpha value is -4.39. The van der Waals surface area contributed by atoms with Crippen LogP contribution in [0.2, 0.25) is 0 Å². The van der Waals surface area contributed by atoms with E-state index in [1.54, 1.807) is 26.6 Å². The molecule has 7 heteroatoms. The third-order valence-corrected chi connectivity index (χ3v) is 6.34. The van der Waals surface area contributed by atoms with Crippen molar-refractivity contribution < 1.29 is 18.7 Å². The van der Waals surface area contributed by atoms with Crippen molar-refractivity contribution in [2.45, 2.75) is 32.5 Å². The van der Waals surface area contributed by atoms with Crippen LogP contribution >= 0.6 is 0 Å². The predicted octanol–water partition coefficient (Wildman–Crippen LogP) is 5.96. The number of benzene rings is 3. The molecule has 0 aliphatic heterocycles. The van der Waals surface area contributed by atoms with Gasteiger partial charge in [0.1, 0.15) is 17.7 Å². The highest BCUT2D eigenvalue weighted by molar-refractivity contribution is 5.92. The molecule has 5 rings (SSSR count). The normalized spacial score (nSPS) is 15.9. The Kier molecular flexibility index (Phi) is 8.58. The molecule has 0 saturated heterocycles. The monoisotopic (exact) mass is 513 g/mol. The zero-order valence-electron chi connectivity index (χ0n) is 22.0. The number of carbonyl (C=O) groups is 1. The molecule has 1 heterocycles. The summed E-state index contributed by atoms with van der Waals surface area (Å²) in [6, 6.07) is 20.5. The van der Waals surface area contributed by atoms with Crippen LogP contribution in [-0.2, 0) is 11.2 Å². The summed E-state index contributed by atoms with van der Waals surface area (Å²) in [5.41, 5.74) is 5.63. The lowest BCUT2D eigenvalue weighted by Gasteiger charge is -2.15. The molecule has 3 aromatic carbocycles. The number of halogens is 1. The molecular weight excluding hydrogens is 481 g/mol. The first kappa shape index (κ1) is 26.7. The van der Waals surface area contributed by atoms with Crippen molar-refractivity contribution in [1.82, 2.24) is 14.9 Å². The van der Waals surface area contributed by atoms with E-state index in [0.29, 0.717) is 12.2 Å². The number of nitrogens with one attached hydrogen (secondary N) is 1. The van der Waals surface area contributed by atoms with Gasteiger partial charge in [0.25, 0.3) is 0 Å². The lowest BCUT2D eigenvalue weighted by molar-refractivity contribution is -0.117. The second-order valence-corrected chi connectivity index (χ2v) is 9.11. The van der Waals surface area contributed by atoms with E-state index in [1.165, 1.54) is 11.6 Å². The molecular formula is C31H32FN3O3. The number of ether oxygens (including phenoxy) is 2. The second kappa shape index (κ2) is 12.2. The Bertz CT molecular complexity index is 1410. The number of rotatable bonds is 6. The van der Waals surface area contributed by atoms with Crippen molar-refractivity contribution in [2.24, 2.45) is 0 Å². The highest BCUT2D eigenvalue weighted by atomic mass is 19.1. The molecule has 1 aliphatic rings. The van der Waals surface area contributed by atoms with Gasteiger partial charge in [-0.2, -0.15) is 0 Å². The molecule has 0 saturated carbocycles. The van der Waals surface area contributed by atoms with Crippen LogP contribution in [-0.4, -0.2) is 35.8 Å². The van der Waals surface area contributed by atoms with Crippen molar-refractivity contribution in [3.8, 4) is 17.2 Å². The van der Waals surface area contributed by atoms with Crippen LogP contribution in [0.15, 0.2) is 85.3 Å². The minimum atomic E-state index is -1.11. The van der Waals surface area contributed by atoms with Gasteiger partial charge in [-0.15, -0.1) is 0 Å². The number of fused-ring (bicyclic) bond motifs is 1. The summed E-state index contributed by atoms with van der Waals surface area (Å²) < 4.78 is 26.7. The number of aryl methyl sites for hydroxylation is 2. The number of carbonyl (C=O) groups excluding carboxylic acids is 1. The fourth-order valence-corrected chi connectivity index (χ4v) is 4.33. The Morgan fingerprint density at radius 1 is 1.05 bits per heavy atom. The van der Waals surface area contributed by atoms with Crippen molar-refractivity contribution in [2.75, 3.05) is 14.2 Å². The summed E-state index contributed by atoms with van der Waals surface area (Å²) in [5.74, 6) is 1.25. The summed E-state index contributed by atoms with van der Waals surface area (Å²) in [6.07, 6.45) is 5.97. The zero-order valence-corrected chi connectivity index (χ0v) is 22.0. The fraction of sp³-hybridized carbons (Fsp3) is 0.226. The lowest BCUT2D eigenvalue weighted by atomic mass is 10.1. The summed E-state index contributed by atoms with van der Waals surface area (Å²) in [6.45, 7) is 3.98. The minimum Gasteiger partial charge on any atom is -0.497 e. The molecule has 6 nitrogen and oxygen atoms in total. The molecule has 2 atom stereocenters. The first-order valence-corrected chi connectivity index (χ1v) is 12.4. The van der Waals surface area contributed by atoms with Gasteiger partial charge in [-0.05, 0) is 60.9 Å². The molecule has 1 amide bonds. The van der Waals surface area contributed by atoms with E-state index in [9.17, 15) is 9.18 Å². The third-order valence-electron chi connectivity index (χ3n) is 6.34. The highest BCUT2D eigenvalue weighted by Crippen LogP contribution is 2.33. The van der Waals surface area contributed by atoms with E-state index in [0.717, 1.165) is 33.8 Å². The summed E-state index contributed by atoms with van der Waals surface area (Å²) in [4.78, 5) is 16.6. The first-order valence-electron chi connectivity index (χ1n) is 12.4.